The molecule has 0 aliphatic heterocycles. The van der Waals surface area contributed by atoms with Gasteiger partial charge in [0.05, 0.1) is 12.1 Å². The summed E-state index contributed by atoms with van der Waals surface area (Å²) in [5.41, 5.74) is 5.65. The summed E-state index contributed by atoms with van der Waals surface area (Å²) in [7, 11) is 1.99. The van der Waals surface area contributed by atoms with E-state index in [-0.39, 0.29) is 5.91 Å². The van der Waals surface area contributed by atoms with Crippen LogP contribution in [0, 0.1) is 5.92 Å². The van der Waals surface area contributed by atoms with Crippen LogP contribution in [0.2, 0.25) is 0 Å². The van der Waals surface area contributed by atoms with Crippen LogP contribution in [0.15, 0.2) is 11.4 Å². The van der Waals surface area contributed by atoms with E-state index in [0.717, 1.165) is 18.8 Å². The fraction of sp³-hybridized carbons (Fsp3) is 0.600. The molecule has 1 saturated carbocycles. The van der Waals surface area contributed by atoms with Crippen molar-refractivity contribution in [2.75, 3.05) is 18.9 Å². The molecule has 5 nitrogen and oxygen atoms in total. The zero-order valence-electron chi connectivity index (χ0n) is 12.6. The second-order valence-electron chi connectivity index (χ2n) is 5.90. The highest BCUT2D eigenvalue weighted by Gasteiger charge is 2.23. The van der Waals surface area contributed by atoms with Crippen molar-refractivity contribution in [3.63, 3.8) is 0 Å². The Balaban J connectivity index is 1.86. The Labute approximate surface area is 129 Å². The van der Waals surface area contributed by atoms with Gasteiger partial charge in [0.1, 0.15) is 5.00 Å². The summed E-state index contributed by atoms with van der Waals surface area (Å²) in [6.45, 7) is 2.63. The van der Waals surface area contributed by atoms with E-state index in [4.69, 9.17) is 5.73 Å². The molecule has 1 aliphatic rings. The minimum atomic E-state index is -0.513. The number of hydrogen-bond donors (Lipinski definition) is 2. The molecule has 116 valence electrons. The lowest BCUT2D eigenvalue weighted by Gasteiger charge is -2.33. The molecule has 0 saturated heterocycles. The van der Waals surface area contributed by atoms with Crippen molar-refractivity contribution in [3.8, 4) is 0 Å². The minimum Gasteiger partial charge on any atom is -0.366 e. The molecular weight excluding hydrogens is 286 g/mol. The number of nitrogens with zero attached hydrogens (tertiary/aromatic N) is 1. The van der Waals surface area contributed by atoms with Crippen LogP contribution in [-0.2, 0) is 4.79 Å². The standard InChI is InChI=1S/C15H23N3O2S/c1-10-3-5-11(6-4-10)18(2)9-13(19)17-15-12(14(16)20)7-8-21-15/h7-8,10-11H,3-6,9H2,1-2H3,(H2,16,20)(H,17,19). The van der Waals surface area contributed by atoms with E-state index in [1.807, 2.05) is 7.05 Å². The number of anilines is 1. The van der Waals surface area contributed by atoms with Crippen LogP contribution in [0.5, 0.6) is 0 Å². The zero-order valence-corrected chi connectivity index (χ0v) is 13.4. The minimum absolute atomic E-state index is 0.0962. The van der Waals surface area contributed by atoms with Crippen molar-refractivity contribution >= 4 is 28.2 Å². The first-order chi connectivity index (χ1) is 9.97. The van der Waals surface area contributed by atoms with Crippen LogP contribution < -0.4 is 11.1 Å². The SMILES string of the molecule is CC1CCC(N(C)CC(=O)Nc2sccc2C(N)=O)CC1. The monoisotopic (exact) mass is 309 g/mol. The first-order valence-corrected chi connectivity index (χ1v) is 8.22. The Bertz CT molecular complexity index is 507. The third-order valence-corrected chi connectivity index (χ3v) is 5.02. The summed E-state index contributed by atoms with van der Waals surface area (Å²) in [4.78, 5) is 25.4. The van der Waals surface area contributed by atoms with Gasteiger partial charge in [-0.05, 0) is 50.1 Å². The highest BCUT2D eigenvalue weighted by molar-refractivity contribution is 7.14. The summed E-state index contributed by atoms with van der Waals surface area (Å²) in [6, 6.07) is 2.11. The Hall–Kier alpha value is -1.40. The van der Waals surface area contributed by atoms with Gasteiger partial charge in [0, 0.05) is 6.04 Å². The Morgan fingerprint density at radius 2 is 2.05 bits per heavy atom. The van der Waals surface area contributed by atoms with Gasteiger partial charge in [-0.3, -0.25) is 14.5 Å². The number of hydrogen-bond acceptors (Lipinski definition) is 4. The lowest BCUT2D eigenvalue weighted by atomic mass is 9.87. The van der Waals surface area contributed by atoms with E-state index in [1.165, 1.54) is 24.2 Å². The molecule has 0 radical (unpaired) electrons. The molecule has 2 rings (SSSR count). The van der Waals surface area contributed by atoms with Gasteiger partial charge in [-0.15, -0.1) is 11.3 Å². The summed E-state index contributed by atoms with van der Waals surface area (Å²) in [6.07, 6.45) is 4.76. The number of likely N-dealkylation sites (N-methyl/N-ethyl adjacent to an activating group) is 1. The van der Waals surface area contributed by atoms with Gasteiger partial charge < -0.3 is 11.1 Å². The largest absolute Gasteiger partial charge is 0.366 e. The lowest BCUT2D eigenvalue weighted by Crippen LogP contribution is -2.39. The number of nitrogens with two attached hydrogens (primary N) is 1. The number of amides is 2. The van der Waals surface area contributed by atoms with Crippen LogP contribution in [0.1, 0.15) is 43.0 Å². The number of nitrogens with one attached hydrogen (secondary N) is 1. The summed E-state index contributed by atoms with van der Waals surface area (Å²) >= 11 is 1.32. The molecule has 2 amide bonds. The molecule has 0 bridgehead atoms. The molecule has 6 heteroatoms. The smallest absolute Gasteiger partial charge is 0.251 e. The molecule has 3 N–H and O–H groups in total. The van der Waals surface area contributed by atoms with E-state index in [9.17, 15) is 9.59 Å². The lowest BCUT2D eigenvalue weighted by molar-refractivity contribution is -0.117. The average molecular weight is 309 g/mol. The third-order valence-electron chi connectivity index (χ3n) is 4.19. The first-order valence-electron chi connectivity index (χ1n) is 7.34. The summed E-state index contributed by atoms with van der Waals surface area (Å²) < 4.78 is 0. The predicted molar refractivity (Wildman–Crippen MR) is 85.5 cm³/mol. The van der Waals surface area contributed by atoms with Gasteiger partial charge in [0.2, 0.25) is 5.91 Å². The molecular formula is C15H23N3O2S. The van der Waals surface area contributed by atoms with Gasteiger partial charge in [0.15, 0.2) is 0 Å². The average Bonchev–Trinajstić information content (AvgIpc) is 2.87. The van der Waals surface area contributed by atoms with Crippen molar-refractivity contribution in [2.24, 2.45) is 11.7 Å². The molecule has 1 fully saturated rings. The maximum absolute atomic E-state index is 12.1. The normalized spacial score (nSPS) is 22.2. The number of carbonyl (C=O) groups is 2. The van der Waals surface area contributed by atoms with Crippen molar-refractivity contribution < 1.29 is 9.59 Å². The highest BCUT2D eigenvalue weighted by atomic mass is 32.1. The molecule has 1 heterocycles. The fourth-order valence-electron chi connectivity index (χ4n) is 2.81. The van der Waals surface area contributed by atoms with Gasteiger partial charge in [0.25, 0.3) is 5.91 Å². The topological polar surface area (TPSA) is 75.4 Å². The van der Waals surface area contributed by atoms with E-state index in [1.54, 1.807) is 11.4 Å². The van der Waals surface area contributed by atoms with Gasteiger partial charge in [-0.2, -0.15) is 0 Å². The predicted octanol–water partition coefficient (Wildman–Crippen LogP) is 2.30. The summed E-state index contributed by atoms with van der Waals surface area (Å²) in [5, 5.41) is 5.08. The van der Waals surface area contributed by atoms with Crippen LogP contribution in [0.4, 0.5) is 5.00 Å². The van der Waals surface area contributed by atoms with E-state index < -0.39 is 5.91 Å². The number of carbonyl (C=O) groups excluding carboxylic acids is 2. The van der Waals surface area contributed by atoms with Crippen molar-refractivity contribution in [2.45, 2.75) is 38.6 Å². The second-order valence-corrected chi connectivity index (χ2v) is 6.82. The van der Waals surface area contributed by atoms with E-state index in [0.29, 0.717) is 23.2 Å². The number of primary amides is 1. The molecule has 0 atom stereocenters. The fourth-order valence-corrected chi connectivity index (χ4v) is 3.61. The highest BCUT2D eigenvalue weighted by Crippen LogP contribution is 2.26. The molecule has 0 aromatic carbocycles. The van der Waals surface area contributed by atoms with Crippen LogP contribution in [-0.4, -0.2) is 36.3 Å². The van der Waals surface area contributed by atoms with Crippen molar-refractivity contribution in [3.05, 3.63) is 17.0 Å². The van der Waals surface area contributed by atoms with E-state index in [2.05, 4.69) is 17.1 Å². The van der Waals surface area contributed by atoms with Crippen LogP contribution in [0.3, 0.4) is 0 Å². The quantitative estimate of drug-likeness (QED) is 0.876. The Morgan fingerprint density at radius 3 is 2.67 bits per heavy atom. The molecule has 1 aromatic heterocycles. The Kier molecular flexibility index (Phi) is 5.36. The Morgan fingerprint density at radius 1 is 1.38 bits per heavy atom. The summed E-state index contributed by atoms with van der Waals surface area (Å²) in [5.74, 6) is 0.190. The zero-order chi connectivity index (χ0) is 15.4. The number of rotatable bonds is 5. The molecule has 1 aliphatic carbocycles. The van der Waals surface area contributed by atoms with Crippen LogP contribution in [0.25, 0.3) is 0 Å². The number of thiophene rings is 1. The van der Waals surface area contributed by atoms with Gasteiger partial charge in [-0.25, -0.2) is 0 Å². The third kappa shape index (κ3) is 4.28. The molecule has 1 aromatic rings. The molecule has 21 heavy (non-hydrogen) atoms. The maximum Gasteiger partial charge on any atom is 0.251 e. The van der Waals surface area contributed by atoms with Crippen LogP contribution >= 0.6 is 11.3 Å². The van der Waals surface area contributed by atoms with Gasteiger partial charge in [-0.1, -0.05) is 6.92 Å². The van der Waals surface area contributed by atoms with Gasteiger partial charge >= 0.3 is 0 Å². The van der Waals surface area contributed by atoms with Crippen molar-refractivity contribution in [1.29, 1.82) is 0 Å². The molecule has 0 spiro atoms. The first kappa shape index (κ1) is 16.0. The molecule has 0 unspecified atom stereocenters. The van der Waals surface area contributed by atoms with Crippen molar-refractivity contribution in [1.82, 2.24) is 4.90 Å². The van der Waals surface area contributed by atoms with E-state index >= 15 is 0 Å². The maximum atomic E-state index is 12.1. The second kappa shape index (κ2) is 7.04.